The maximum absolute atomic E-state index is 15.1. The van der Waals surface area contributed by atoms with Gasteiger partial charge >= 0.3 is 0 Å². The molecule has 0 radical (unpaired) electrons. The first-order valence-corrected chi connectivity index (χ1v) is 10.3. The van der Waals surface area contributed by atoms with Crippen molar-refractivity contribution in [3.8, 4) is 22.7 Å². The standard InChI is InChI=1S/C21H23F2N7O/c1-28-12-3-5-16(28)21(23)18(9-12)29(2)20-6-4-15(25-26-20)13-10-14(22)17(11-19(13)31)30-8-7-24-27-30/h4,6-8,10-12,16,18,21,31H,3,5,9H2,1-2H3/t12?,16?,18-,21+/m0/s1. The van der Waals surface area contributed by atoms with Crippen LogP contribution in [0, 0.1) is 5.82 Å². The average Bonchev–Trinajstić information content (AvgIpc) is 3.39. The first-order valence-electron chi connectivity index (χ1n) is 10.3. The summed E-state index contributed by atoms with van der Waals surface area (Å²) in [7, 11) is 3.83. The van der Waals surface area contributed by atoms with Gasteiger partial charge in [-0.15, -0.1) is 15.3 Å². The molecule has 1 N–H and O–H groups in total. The largest absolute Gasteiger partial charge is 0.507 e. The van der Waals surface area contributed by atoms with E-state index in [1.807, 2.05) is 19.0 Å². The van der Waals surface area contributed by atoms with Gasteiger partial charge in [-0.05, 0) is 44.5 Å². The van der Waals surface area contributed by atoms with Gasteiger partial charge in [0.05, 0.1) is 24.1 Å². The van der Waals surface area contributed by atoms with E-state index in [-0.39, 0.29) is 29.1 Å². The Morgan fingerprint density at radius 3 is 2.74 bits per heavy atom. The summed E-state index contributed by atoms with van der Waals surface area (Å²) in [5.41, 5.74) is 0.608. The van der Waals surface area contributed by atoms with Crippen LogP contribution in [0.15, 0.2) is 36.7 Å². The van der Waals surface area contributed by atoms with E-state index < -0.39 is 12.0 Å². The highest BCUT2D eigenvalue weighted by Gasteiger charge is 2.47. The Kier molecular flexibility index (Phi) is 4.81. The van der Waals surface area contributed by atoms with Crippen LogP contribution in [0.25, 0.3) is 16.9 Å². The molecule has 4 atom stereocenters. The fraction of sp³-hybridized carbons (Fsp3) is 0.429. The normalized spacial score (nSPS) is 25.7. The zero-order chi connectivity index (χ0) is 21.7. The third kappa shape index (κ3) is 3.31. The van der Waals surface area contributed by atoms with Crippen LogP contribution in [0.4, 0.5) is 14.6 Å². The number of benzene rings is 1. The van der Waals surface area contributed by atoms with Crippen molar-refractivity contribution in [3.05, 3.63) is 42.5 Å². The van der Waals surface area contributed by atoms with E-state index in [4.69, 9.17) is 0 Å². The first-order chi connectivity index (χ1) is 14.9. The number of halogens is 2. The Morgan fingerprint density at radius 1 is 1.19 bits per heavy atom. The van der Waals surface area contributed by atoms with Crippen molar-refractivity contribution in [2.45, 2.75) is 43.6 Å². The molecule has 3 aromatic rings. The number of anilines is 1. The number of phenols is 1. The van der Waals surface area contributed by atoms with Crippen LogP contribution in [-0.4, -0.2) is 73.6 Å². The van der Waals surface area contributed by atoms with E-state index in [1.54, 1.807) is 12.1 Å². The molecule has 2 fully saturated rings. The van der Waals surface area contributed by atoms with Crippen molar-refractivity contribution in [3.63, 3.8) is 0 Å². The highest BCUT2D eigenvalue weighted by atomic mass is 19.1. The van der Waals surface area contributed by atoms with Gasteiger partial charge in [0.1, 0.15) is 23.4 Å². The minimum atomic E-state index is -0.960. The summed E-state index contributed by atoms with van der Waals surface area (Å²) in [6.07, 6.45) is 4.58. The highest BCUT2D eigenvalue weighted by Crippen LogP contribution is 2.39. The topological polar surface area (TPSA) is 83.2 Å². The van der Waals surface area contributed by atoms with E-state index in [9.17, 15) is 9.50 Å². The molecule has 0 aliphatic carbocycles. The fourth-order valence-electron chi connectivity index (χ4n) is 4.84. The minimum absolute atomic E-state index is 0.0538. The van der Waals surface area contributed by atoms with Gasteiger partial charge in [0.15, 0.2) is 5.82 Å². The van der Waals surface area contributed by atoms with Gasteiger partial charge in [0.25, 0.3) is 0 Å². The molecule has 2 aliphatic rings. The van der Waals surface area contributed by atoms with Crippen LogP contribution in [0.1, 0.15) is 19.3 Å². The summed E-state index contributed by atoms with van der Waals surface area (Å²) >= 11 is 0. The van der Waals surface area contributed by atoms with Gasteiger partial charge in [0.2, 0.25) is 0 Å². The molecule has 5 rings (SSSR count). The van der Waals surface area contributed by atoms with Crippen molar-refractivity contribution in [1.29, 1.82) is 0 Å². The zero-order valence-corrected chi connectivity index (χ0v) is 17.2. The van der Waals surface area contributed by atoms with E-state index in [0.717, 1.165) is 19.3 Å². The first kappa shape index (κ1) is 19.8. The monoisotopic (exact) mass is 427 g/mol. The Bertz CT molecular complexity index is 1080. The van der Waals surface area contributed by atoms with Crippen molar-refractivity contribution < 1.29 is 13.9 Å². The second-order valence-electron chi connectivity index (χ2n) is 8.27. The molecule has 1 aromatic carbocycles. The van der Waals surface area contributed by atoms with Crippen molar-refractivity contribution in [1.82, 2.24) is 30.1 Å². The van der Waals surface area contributed by atoms with Crippen LogP contribution in [-0.2, 0) is 0 Å². The Labute approximate surface area is 178 Å². The number of fused-ring (bicyclic) bond motifs is 2. The quantitative estimate of drug-likeness (QED) is 0.685. The Balaban J connectivity index is 1.39. The molecule has 0 amide bonds. The van der Waals surface area contributed by atoms with Crippen LogP contribution < -0.4 is 4.90 Å². The molecule has 4 heterocycles. The lowest BCUT2D eigenvalue weighted by molar-refractivity contribution is 0.0701. The maximum Gasteiger partial charge on any atom is 0.151 e. The van der Waals surface area contributed by atoms with Gasteiger partial charge in [-0.1, -0.05) is 5.21 Å². The summed E-state index contributed by atoms with van der Waals surface area (Å²) in [5, 5.41) is 26.2. The molecule has 0 spiro atoms. The van der Waals surface area contributed by atoms with Gasteiger partial charge < -0.3 is 10.0 Å². The molecule has 31 heavy (non-hydrogen) atoms. The molecule has 10 heteroatoms. The number of phenolic OH excluding ortho intramolecular Hbond substituents is 1. The van der Waals surface area contributed by atoms with Crippen molar-refractivity contribution in [2.75, 3.05) is 19.0 Å². The lowest BCUT2D eigenvalue weighted by atomic mass is 9.95. The molecule has 8 nitrogen and oxygen atoms in total. The van der Waals surface area contributed by atoms with Crippen LogP contribution >= 0.6 is 0 Å². The zero-order valence-electron chi connectivity index (χ0n) is 17.2. The molecule has 2 aromatic heterocycles. The van der Waals surface area contributed by atoms with Gasteiger partial charge in [-0.25, -0.2) is 13.5 Å². The van der Waals surface area contributed by atoms with Crippen LogP contribution in [0.3, 0.4) is 0 Å². The average molecular weight is 427 g/mol. The maximum atomic E-state index is 15.1. The lowest BCUT2D eigenvalue weighted by Crippen LogP contribution is -2.56. The third-order valence-electron chi connectivity index (χ3n) is 6.66. The Hall–Kier alpha value is -3.14. The molecule has 0 saturated carbocycles. The third-order valence-corrected chi connectivity index (χ3v) is 6.66. The predicted molar refractivity (Wildman–Crippen MR) is 110 cm³/mol. The molecular formula is C21H23F2N7O. The summed E-state index contributed by atoms with van der Waals surface area (Å²) in [5.74, 6) is -0.194. The fourth-order valence-corrected chi connectivity index (χ4v) is 4.84. The molecular weight excluding hydrogens is 404 g/mol. The lowest BCUT2D eigenvalue weighted by Gasteiger charge is -2.43. The van der Waals surface area contributed by atoms with Crippen LogP contribution in [0.5, 0.6) is 5.75 Å². The number of hydrogen-bond acceptors (Lipinski definition) is 7. The summed E-state index contributed by atoms with van der Waals surface area (Å²) in [6.45, 7) is 0. The number of aromatic hydroxyl groups is 1. The van der Waals surface area contributed by atoms with Crippen LogP contribution in [0.2, 0.25) is 0 Å². The van der Waals surface area contributed by atoms with E-state index in [1.165, 1.54) is 29.2 Å². The second-order valence-corrected chi connectivity index (χ2v) is 8.27. The molecule has 162 valence electrons. The van der Waals surface area contributed by atoms with Gasteiger partial charge in [0, 0.05) is 30.8 Å². The number of rotatable bonds is 4. The summed E-state index contributed by atoms with van der Waals surface area (Å²) < 4.78 is 30.9. The summed E-state index contributed by atoms with van der Waals surface area (Å²) in [4.78, 5) is 4.00. The predicted octanol–water partition coefficient (Wildman–Crippen LogP) is 2.58. The molecule has 2 saturated heterocycles. The van der Waals surface area contributed by atoms with Crippen molar-refractivity contribution in [2.24, 2.45) is 0 Å². The number of hydrogen-bond donors (Lipinski definition) is 1. The van der Waals surface area contributed by atoms with Crippen molar-refractivity contribution >= 4 is 5.82 Å². The number of nitrogens with zero attached hydrogens (tertiary/aromatic N) is 7. The minimum Gasteiger partial charge on any atom is -0.507 e. The number of aromatic nitrogens is 5. The summed E-state index contributed by atoms with van der Waals surface area (Å²) in [6, 6.07) is 5.90. The van der Waals surface area contributed by atoms with E-state index in [2.05, 4.69) is 25.4 Å². The van der Waals surface area contributed by atoms with Gasteiger partial charge in [-0.3, -0.25) is 4.90 Å². The number of alkyl halides is 1. The SMILES string of the molecule is CN1C2CCC1[C@@H](F)[C@@H](N(C)c1ccc(-c3cc(F)c(-n4ccnn4)cc3O)nn1)C2. The van der Waals surface area contributed by atoms with E-state index >= 15 is 4.39 Å². The van der Waals surface area contributed by atoms with E-state index in [0.29, 0.717) is 17.6 Å². The molecule has 2 aliphatic heterocycles. The highest BCUT2D eigenvalue weighted by molar-refractivity contribution is 5.69. The molecule has 2 unspecified atom stereocenters. The second kappa shape index (κ2) is 7.52. The molecule has 2 bridgehead atoms. The smallest absolute Gasteiger partial charge is 0.151 e. The van der Waals surface area contributed by atoms with Gasteiger partial charge in [-0.2, -0.15) is 0 Å². The Morgan fingerprint density at radius 2 is 2.03 bits per heavy atom. The number of piperidine rings is 1.